The van der Waals surface area contributed by atoms with Gasteiger partial charge in [-0.05, 0) is 29.0 Å². The molecular formula is C27H18O5. The lowest BCUT2D eigenvalue weighted by Gasteiger charge is -2.23. The highest BCUT2D eigenvalue weighted by Crippen LogP contribution is 2.79. The SMILES string of the molecule is CC1(C(=O)c2ccccc2)C2c3c(ccc4ccccc34)OC(=O)C21C(=O)c1ccco1. The highest BCUT2D eigenvalue weighted by Gasteiger charge is 2.88. The van der Waals surface area contributed by atoms with Gasteiger partial charge in [0.15, 0.2) is 17.0 Å². The van der Waals surface area contributed by atoms with Crippen molar-refractivity contribution in [1.82, 2.24) is 0 Å². The number of ether oxygens (including phenoxy) is 1. The van der Waals surface area contributed by atoms with E-state index < -0.39 is 28.5 Å². The first-order valence-electron chi connectivity index (χ1n) is 10.4. The van der Waals surface area contributed by atoms with Gasteiger partial charge in [0.2, 0.25) is 5.78 Å². The highest BCUT2D eigenvalue weighted by molar-refractivity contribution is 6.25. The number of carbonyl (C=O) groups is 3. The van der Waals surface area contributed by atoms with Crippen LogP contribution in [0.25, 0.3) is 10.8 Å². The fraction of sp³-hybridized carbons (Fsp3) is 0.148. The van der Waals surface area contributed by atoms with E-state index in [-0.39, 0.29) is 11.5 Å². The van der Waals surface area contributed by atoms with Gasteiger partial charge in [0.1, 0.15) is 5.75 Å². The van der Waals surface area contributed by atoms with E-state index in [0.29, 0.717) is 11.3 Å². The molecule has 1 aliphatic heterocycles. The van der Waals surface area contributed by atoms with E-state index in [9.17, 15) is 14.4 Å². The molecule has 0 radical (unpaired) electrons. The number of hydrogen-bond acceptors (Lipinski definition) is 5. The van der Waals surface area contributed by atoms with Crippen LogP contribution in [0.4, 0.5) is 0 Å². The van der Waals surface area contributed by atoms with E-state index in [1.807, 2.05) is 36.4 Å². The molecule has 0 bridgehead atoms. The van der Waals surface area contributed by atoms with E-state index in [0.717, 1.165) is 16.3 Å². The normalized spacial score (nSPS) is 25.5. The minimum absolute atomic E-state index is 0.0419. The van der Waals surface area contributed by atoms with E-state index in [4.69, 9.17) is 9.15 Å². The number of ketones is 2. The lowest BCUT2D eigenvalue weighted by molar-refractivity contribution is -0.140. The Bertz CT molecular complexity index is 1420. The minimum atomic E-state index is -1.69. The topological polar surface area (TPSA) is 73.6 Å². The smallest absolute Gasteiger partial charge is 0.327 e. The second-order valence-electron chi connectivity index (χ2n) is 8.53. The first kappa shape index (κ1) is 18.8. The van der Waals surface area contributed by atoms with E-state index in [1.165, 1.54) is 12.3 Å². The molecule has 3 atom stereocenters. The summed E-state index contributed by atoms with van der Waals surface area (Å²) in [5, 5.41) is 1.81. The number of benzene rings is 3. The van der Waals surface area contributed by atoms with Gasteiger partial charge in [-0.15, -0.1) is 0 Å². The molecule has 1 saturated carbocycles. The van der Waals surface area contributed by atoms with Gasteiger partial charge in [0.05, 0.1) is 11.7 Å². The van der Waals surface area contributed by atoms with Crippen molar-refractivity contribution in [3.8, 4) is 5.75 Å². The number of hydrogen-bond donors (Lipinski definition) is 0. The summed E-state index contributed by atoms with van der Waals surface area (Å²) in [6.45, 7) is 1.70. The predicted molar refractivity (Wildman–Crippen MR) is 117 cm³/mol. The molecule has 1 fully saturated rings. The second-order valence-corrected chi connectivity index (χ2v) is 8.53. The number of fused-ring (bicyclic) bond motifs is 5. The van der Waals surface area contributed by atoms with Gasteiger partial charge < -0.3 is 9.15 Å². The third kappa shape index (κ3) is 2.10. The molecule has 2 aliphatic rings. The van der Waals surface area contributed by atoms with Crippen molar-refractivity contribution in [1.29, 1.82) is 0 Å². The van der Waals surface area contributed by atoms with Gasteiger partial charge in [-0.3, -0.25) is 14.4 Å². The zero-order valence-corrected chi connectivity index (χ0v) is 17.2. The fourth-order valence-electron chi connectivity index (χ4n) is 5.56. The Hall–Kier alpha value is -3.99. The Morgan fingerprint density at radius 3 is 2.34 bits per heavy atom. The van der Waals surface area contributed by atoms with Gasteiger partial charge in [0, 0.05) is 17.0 Å². The lowest BCUT2D eigenvalue weighted by Crippen LogP contribution is -2.39. The van der Waals surface area contributed by atoms with Gasteiger partial charge in [-0.2, -0.15) is 0 Å². The van der Waals surface area contributed by atoms with Crippen LogP contribution >= 0.6 is 0 Å². The van der Waals surface area contributed by atoms with Crippen LogP contribution in [-0.4, -0.2) is 17.5 Å². The third-order valence-corrected chi connectivity index (χ3v) is 7.10. The molecule has 156 valence electrons. The third-order valence-electron chi connectivity index (χ3n) is 7.10. The van der Waals surface area contributed by atoms with Crippen molar-refractivity contribution >= 4 is 28.3 Å². The molecule has 1 aromatic heterocycles. The quantitative estimate of drug-likeness (QED) is 0.195. The van der Waals surface area contributed by atoms with Crippen LogP contribution in [0.2, 0.25) is 0 Å². The summed E-state index contributed by atoms with van der Waals surface area (Å²) in [6, 6.07) is 23.2. The average Bonchev–Trinajstić information content (AvgIpc) is 3.14. The van der Waals surface area contributed by atoms with Crippen LogP contribution in [-0.2, 0) is 4.79 Å². The summed E-state index contributed by atoms with van der Waals surface area (Å²) < 4.78 is 11.1. The molecular weight excluding hydrogens is 404 g/mol. The number of esters is 1. The summed E-state index contributed by atoms with van der Waals surface area (Å²) in [5.41, 5.74) is -1.83. The molecule has 2 heterocycles. The maximum atomic E-state index is 13.9. The van der Waals surface area contributed by atoms with Crippen molar-refractivity contribution in [2.75, 3.05) is 0 Å². The maximum absolute atomic E-state index is 13.9. The molecule has 6 rings (SSSR count). The summed E-state index contributed by atoms with van der Waals surface area (Å²) in [6.07, 6.45) is 1.38. The lowest BCUT2D eigenvalue weighted by atomic mass is 9.83. The van der Waals surface area contributed by atoms with Crippen LogP contribution < -0.4 is 4.74 Å². The predicted octanol–water partition coefficient (Wildman–Crippen LogP) is 5.21. The first-order valence-corrected chi connectivity index (χ1v) is 10.4. The van der Waals surface area contributed by atoms with Gasteiger partial charge in [-0.25, -0.2) is 0 Å². The van der Waals surface area contributed by atoms with Crippen LogP contribution in [0.15, 0.2) is 89.5 Å². The van der Waals surface area contributed by atoms with Crippen LogP contribution in [0, 0.1) is 10.8 Å². The Morgan fingerprint density at radius 2 is 1.59 bits per heavy atom. The van der Waals surface area contributed by atoms with E-state index in [2.05, 4.69) is 0 Å². The number of carbonyl (C=O) groups excluding carboxylic acids is 3. The molecule has 0 spiro atoms. The summed E-state index contributed by atoms with van der Waals surface area (Å²) in [5.74, 6) is -1.73. The molecule has 5 heteroatoms. The number of Topliss-reactive ketones (excluding diaryl/α,β-unsaturated/α-hetero) is 2. The van der Waals surface area contributed by atoms with Gasteiger partial charge in [-0.1, -0.05) is 67.6 Å². The van der Waals surface area contributed by atoms with Crippen LogP contribution in [0.1, 0.15) is 39.3 Å². The zero-order chi connectivity index (χ0) is 22.1. The molecule has 3 unspecified atom stereocenters. The Balaban J connectivity index is 1.64. The monoisotopic (exact) mass is 422 g/mol. The molecule has 0 saturated heterocycles. The molecule has 0 N–H and O–H groups in total. The number of furan rings is 1. The second kappa shape index (κ2) is 6.26. The highest BCUT2D eigenvalue weighted by atomic mass is 16.5. The van der Waals surface area contributed by atoms with Crippen molar-refractivity contribution < 1.29 is 23.5 Å². The molecule has 32 heavy (non-hydrogen) atoms. The average molecular weight is 422 g/mol. The summed E-state index contributed by atoms with van der Waals surface area (Å²) in [4.78, 5) is 41.2. The fourth-order valence-corrected chi connectivity index (χ4v) is 5.56. The van der Waals surface area contributed by atoms with Gasteiger partial charge >= 0.3 is 5.97 Å². The Morgan fingerprint density at radius 1 is 0.844 bits per heavy atom. The van der Waals surface area contributed by atoms with Crippen molar-refractivity contribution in [3.63, 3.8) is 0 Å². The van der Waals surface area contributed by atoms with E-state index in [1.54, 1.807) is 43.3 Å². The number of rotatable bonds is 4. The minimum Gasteiger partial charge on any atom is -0.461 e. The first-order chi connectivity index (χ1) is 15.5. The van der Waals surface area contributed by atoms with Crippen LogP contribution in [0.5, 0.6) is 5.75 Å². The standard InChI is InChI=1S/C27H18O5/c1-26(23(28)17-9-3-2-4-10-17)22-21-18-11-6-5-8-16(18)13-14-19(21)32-25(30)27(22,26)24(29)20-12-7-15-31-20/h2-15,22H,1H3. The molecule has 0 amide bonds. The molecule has 5 nitrogen and oxygen atoms in total. The van der Waals surface area contributed by atoms with E-state index >= 15 is 0 Å². The molecule has 4 aromatic rings. The van der Waals surface area contributed by atoms with Crippen LogP contribution in [0.3, 0.4) is 0 Å². The molecule has 3 aromatic carbocycles. The summed E-state index contributed by atoms with van der Waals surface area (Å²) in [7, 11) is 0. The zero-order valence-electron chi connectivity index (χ0n) is 17.2. The Kier molecular flexibility index (Phi) is 3.67. The van der Waals surface area contributed by atoms with Crippen molar-refractivity contribution in [2.45, 2.75) is 12.8 Å². The largest absolute Gasteiger partial charge is 0.461 e. The van der Waals surface area contributed by atoms with Crippen molar-refractivity contribution in [2.24, 2.45) is 10.8 Å². The summed E-state index contributed by atoms with van der Waals surface area (Å²) >= 11 is 0. The molecule has 1 aliphatic carbocycles. The Labute approximate surface area is 183 Å². The van der Waals surface area contributed by atoms with Gasteiger partial charge in [0.25, 0.3) is 0 Å². The van der Waals surface area contributed by atoms with Crippen molar-refractivity contribution in [3.05, 3.63) is 102 Å². The maximum Gasteiger partial charge on any atom is 0.327 e.